The molecule has 0 spiro atoms. The number of amides is 1. The molecule has 1 saturated carbocycles. The maximum Gasteiger partial charge on any atom is 0.337 e. The van der Waals surface area contributed by atoms with Crippen molar-refractivity contribution < 1.29 is 14.3 Å². The third kappa shape index (κ3) is 5.19. The number of ether oxygens (including phenoxy) is 1. The highest BCUT2D eigenvalue weighted by Crippen LogP contribution is 2.38. The first kappa shape index (κ1) is 23.8. The summed E-state index contributed by atoms with van der Waals surface area (Å²) in [6.07, 6.45) is 6.51. The van der Waals surface area contributed by atoms with Gasteiger partial charge in [-0.25, -0.2) is 4.79 Å². The van der Waals surface area contributed by atoms with Crippen molar-refractivity contribution in [2.24, 2.45) is 0 Å². The van der Waals surface area contributed by atoms with Crippen molar-refractivity contribution in [3.63, 3.8) is 0 Å². The molecule has 0 unspecified atom stereocenters. The molecule has 0 bridgehead atoms. The Bertz CT molecular complexity index is 1280. The molecule has 184 valence electrons. The van der Waals surface area contributed by atoms with E-state index in [2.05, 4.69) is 40.2 Å². The van der Waals surface area contributed by atoms with E-state index in [9.17, 15) is 9.59 Å². The van der Waals surface area contributed by atoms with E-state index in [0.717, 1.165) is 23.4 Å². The Labute approximate surface area is 211 Å². The van der Waals surface area contributed by atoms with Crippen molar-refractivity contribution in [1.29, 1.82) is 0 Å². The monoisotopic (exact) mass is 481 g/mol. The minimum atomic E-state index is -0.441. The molecule has 1 heterocycles. The Balaban J connectivity index is 1.43. The third-order valence-corrected chi connectivity index (χ3v) is 6.92. The minimum absolute atomic E-state index is 0.216. The Morgan fingerprint density at radius 2 is 1.69 bits per heavy atom. The normalized spacial score (nSPS) is 16.8. The number of anilines is 2. The van der Waals surface area contributed by atoms with Crippen LogP contribution in [0.5, 0.6) is 0 Å². The van der Waals surface area contributed by atoms with Crippen LogP contribution in [-0.2, 0) is 16.1 Å². The minimum Gasteiger partial charge on any atom is -0.465 e. The van der Waals surface area contributed by atoms with Crippen LogP contribution in [0.1, 0.15) is 59.2 Å². The molecule has 1 aliphatic carbocycles. The van der Waals surface area contributed by atoms with E-state index >= 15 is 0 Å². The van der Waals surface area contributed by atoms with Gasteiger partial charge in [0.1, 0.15) is 0 Å². The lowest BCUT2D eigenvalue weighted by molar-refractivity contribution is -0.110. The first-order valence-corrected chi connectivity index (χ1v) is 12.6. The number of esters is 1. The van der Waals surface area contributed by atoms with Gasteiger partial charge < -0.3 is 20.7 Å². The molecule has 0 saturated heterocycles. The van der Waals surface area contributed by atoms with Crippen LogP contribution >= 0.6 is 0 Å². The van der Waals surface area contributed by atoms with E-state index in [1.165, 1.54) is 44.8 Å². The quantitative estimate of drug-likeness (QED) is 0.292. The van der Waals surface area contributed by atoms with Crippen molar-refractivity contribution in [3.8, 4) is 0 Å². The Kier molecular flexibility index (Phi) is 7.14. The molecule has 0 aromatic heterocycles. The summed E-state index contributed by atoms with van der Waals surface area (Å²) in [7, 11) is 1.34. The highest BCUT2D eigenvalue weighted by molar-refractivity contribution is 6.37. The van der Waals surface area contributed by atoms with Gasteiger partial charge in [0.05, 0.1) is 29.6 Å². The van der Waals surface area contributed by atoms with E-state index < -0.39 is 5.97 Å². The highest BCUT2D eigenvalue weighted by atomic mass is 16.5. The number of carbonyl (C=O) groups excluding carboxylic acids is 2. The Morgan fingerprint density at radius 1 is 0.944 bits per heavy atom. The predicted octanol–water partition coefficient (Wildman–Crippen LogP) is 5.83. The van der Waals surface area contributed by atoms with Gasteiger partial charge in [0.25, 0.3) is 5.91 Å². The van der Waals surface area contributed by atoms with Crippen LogP contribution < -0.4 is 16.0 Å². The van der Waals surface area contributed by atoms with Crippen LogP contribution in [0.2, 0.25) is 0 Å². The summed E-state index contributed by atoms with van der Waals surface area (Å²) in [5, 5.41) is 10.1. The van der Waals surface area contributed by atoms with E-state index in [4.69, 9.17) is 4.74 Å². The summed E-state index contributed by atoms with van der Waals surface area (Å²) in [5.74, 6) is -0.657. The molecule has 3 aromatic carbocycles. The molecule has 5 rings (SSSR count). The third-order valence-electron chi connectivity index (χ3n) is 6.92. The van der Waals surface area contributed by atoms with Gasteiger partial charge in [-0.2, -0.15) is 0 Å². The van der Waals surface area contributed by atoms with E-state index in [1.54, 1.807) is 18.2 Å². The van der Waals surface area contributed by atoms with Gasteiger partial charge in [-0.1, -0.05) is 67.8 Å². The van der Waals surface area contributed by atoms with E-state index in [0.29, 0.717) is 28.6 Å². The fourth-order valence-corrected chi connectivity index (χ4v) is 4.97. The zero-order chi connectivity index (χ0) is 24.9. The summed E-state index contributed by atoms with van der Waals surface area (Å²) in [6, 6.07) is 23.9. The zero-order valence-corrected chi connectivity index (χ0v) is 20.5. The van der Waals surface area contributed by atoms with E-state index in [1.807, 2.05) is 30.3 Å². The smallest absolute Gasteiger partial charge is 0.337 e. The van der Waals surface area contributed by atoms with Crippen LogP contribution in [0.3, 0.4) is 0 Å². The molecule has 6 heteroatoms. The van der Waals surface area contributed by atoms with Crippen LogP contribution in [0.4, 0.5) is 11.4 Å². The molecular formula is C30H31N3O3. The number of carbonyl (C=O) groups is 2. The molecule has 6 nitrogen and oxygen atoms in total. The number of hydrogen-bond acceptors (Lipinski definition) is 5. The Morgan fingerprint density at radius 3 is 2.42 bits per heavy atom. The first-order valence-electron chi connectivity index (χ1n) is 12.6. The molecule has 1 amide bonds. The van der Waals surface area contributed by atoms with Crippen LogP contribution in [0.15, 0.2) is 72.8 Å². The molecule has 0 atom stereocenters. The number of fused-ring (bicyclic) bond motifs is 1. The van der Waals surface area contributed by atoms with Crippen molar-refractivity contribution in [2.45, 2.75) is 44.7 Å². The van der Waals surface area contributed by atoms with Gasteiger partial charge in [-0.3, -0.25) is 4.79 Å². The maximum atomic E-state index is 13.1. The first-order chi connectivity index (χ1) is 17.6. The van der Waals surface area contributed by atoms with Crippen LogP contribution in [-0.4, -0.2) is 25.0 Å². The average molecular weight is 482 g/mol. The molecule has 36 heavy (non-hydrogen) atoms. The zero-order valence-electron chi connectivity index (χ0n) is 20.5. The lowest BCUT2D eigenvalue weighted by Crippen LogP contribution is -2.30. The van der Waals surface area contributed by atoms with Crippen molar-refractivity contribution >= 4 is 34.5 Å². The summed E-state index contributed by atoms with van der Waals surface area (Å²) in [5.41, 5.74) is 6.01. The number of methoxy groups -OCH3 is 1. The Hall–Kier alpha value is -3.90. The highest BCUT2D eigenvalue weighted by Gasteiger charge is 2.29. The van der Waals surface area contributed by atoms with Gasteiger partial charge >= 0.3 is 5.97 Å². The fraction of sp³-hybridized carbons (Fsp3) is 0.267. The molecule has 2 aliphatic rings. The van der Waals surface area contributed by atoms with Crippen molar-refractivity contribution in [2.75, 3.05) is 17.7 Å². The van der Waals surface area contributed by atoms with Gasteiger partial charge in [0.15, 0.2) is 0 Å². The summed E-state index contributed by atoms with van der Waals surface area (Å²) < 4.78 is 4.83. The average Bonchev–Trinajstić information content (AvgIpc) is 3.26. The summed E-state index contributed by atoms with van der Waals surface area (Å²) in [6.45, 7) is 0.857. The number of benzene rings is 3. The predicted molar refractivity (Wildman–Crippen MR) is 143 cm³/mol. The molecule has 0 radical (unpaired) electrons. The summed E-state index contributed by atoms with van der Waals surface area (Å²) >= 11 is 0. The van der Waals surface area contributed by atoms with Gasteiger partial charge in [-0.15, -0.1) is 0 Å². The standard InChI is InChI=1S/C30H31N3O3/c1-36-30(35)22-14-17-25-26(18-22)33-29(34)27(25)28(21-8-4-2-5-9-21)32-24-15-12-20(13-16-24)19-31-23-10-6-3-7-11-23/h2,4-5,8-9,12-18,23,31-32H,3,6-7,10-11,19H2,1H3,(H,33,34)/b28-27-. The SMILES string of the molecule is COC(=O)c1ccc2c(c1)NC(=O)/C2=C(\Nc1ccc(CNC2CCCCC2)cc1)c1ccccc1. The van der Waals surface area contributed by atoms with E-state index in [-0.39, 0.29) is 5.91 Å². The van der Waals surface area contributed by atoms with Crippen molar-refractivity contribution in [1.82, 2.24) is 5.32 Å². The molecule has 3 aromatic rings. The second-order valence-electron chi connectivity index (χ2n) is 9.36. The maximum absolute atomic E-state index is 13.1. The molecule has 1 fully saturated rings. The second kappa shape index (κ2) is 10.8. The number of hydrogen-bond donors (Lipinski definition) is 3. The van der Waals surface area contributed by atoms with Crippen LogP contribution in [0, 0.1) is 0 Å². The lowest BCUT2D eigenvalue weighted by atomic mass is 9.95. The van der Waals surface area contributed by atoms with Gasteiger partial charge in [-0.05, 0) is 48.2 Å². The molecule has 3 N–H and O–H groups in total. The second-order valence-corrected chi connectivity index (χ2v) is 9.36. The van der Waals surface area contributed by atoms with Crippen LogP contribution in [0.25, 0.3) is 11.3 Å². The van der Waals surface area contributed by atoms with Crippen molar-refractivity contribution in [3.05, 3.63) is 95.1 Å². The lowest BCUT2D eigenvalue weighted by Gasteiger charge is -2.23. The fourth-order valence-electron chi connectivity index (χ4n) is 4.97. The topological polar surface area (TPSA) is 79.5 Å². The molecule has 1 aliphatic heterocycles. The summed E-state index contributed by atoms with van der Waals surface area (Å²) in [4.78, 5) is 25.1. The molecular weight excluding hydrogens is 450 g/mol. The van der Waals surface area contributed by atoms with Gasteiger partial charge in [0.2, 0.25) is 0 Å². The number of rotatable bonds is 7. The largest absolute Gasteiger partial charge is 0.465 e. The number of nitrogens with one attached hydrogen (secondary N) is 3. The van der Waals surface area contributed by atoms with Gasteiger partial charge in [0, 0.05) is 23.8 Å².